The van der Waals surface area contributed by atoms with Crippen LogP contribution in [0.1, 0.15) is 32.3 Å². The zero-order valence-electron chi connectivity index (χ0n) is 17.1. The van der Waals surface area contributed by atoms with E-state index in [1.165, 1.54) is 0 Å². The minimum absolute atomic E-state index is 0.0129. The van der Waals surface area contributed by atoms with Crippen LogP contribution < -0.4 is 15.4 Å². The summed E-state index contributed by atoms with van der Waals surface area (Å²) in [6.07, 6.45) is 1.40. The normalized spacial score (nSPS) is 24.5. The van der Waals surface area contributed by atoms with E-state index < -0.39 is 12.3 Å². The van der Waals surface area contributed by atoms with E-state index in [-0.39, 0.29) is 23.8 Å². The average Bonchev–Trinajstić information content (AvgIpc) is 3.38. The number of benzene rings is 1. The van der Waals surface area contributed by atoms with Gasteiger partial charge in [-0.2, -0.15) is 5.26 Å². The Labute approximate surface area is 175 Å². The van der Waals surface area contributed by atoms with Crippen molar-refractivity contribution in [2.75, 3.05) is 18.4 Å². The minimum atomic E-state index is -1.10. The second kappa shape index (κ2) is 8.04. The zero-order chi connectivity index (χ0) is 21.3. The molecule has 0 spiro atoms. The first-order chi connectivity index (χ1) is 14.4. The molecular formula is C23H25FN4O2. The number of carbonyl (C=O) groups is 1. The van der Waals surface area contributed by atoms with Crippen LogP contribution in [-0.4, -0.2) is 36.3 Å². The monoisotopic (exact) mass is 408 g/mol. The molecule has 6 nitrogen and oxygen atoms in total. The molecule has 156 valence electrons. The SMILES string of the molecule is CC1(C)C[C@@H]1C(=O)Nc1cc(-c2ccc(O[C@H]3CCNC[C@H]3F)c(C#N)c2)ccn1. The summed E-state index contributed by atoms with van der Waals surface area (Å²) in [6, 6.07) is 11.0. The van der Waals surface area contributed by atoms with Crippen molar-refractivity contribution in [3.8, 4) is 22.9 Å². The number of nitrogens with zero attached hydrogens (tertiary/aromatic N) is 2. The predicted octanol–water partition coefficient (Wildman–Crippen LogP) is 3.68. The van der Waals surface area contributed by atoms with Gasteiger partial charge in [0.15, 0.2) is 0 Å². The van der Waals surface area contributed by atoms with Crippen molar-refractivity contribution < 1.29 is 13.9 Å². The standard InChI is InChI=1S/C23H25FN4O2/c1-23(2)11-17(23)22(29)28-21-10-15(5-8-27-21)14-3-4-19(16(9-14)12-25)30-20-6-7-26-13-18(20)24/h3-5,8-10,17-18,20,26H,6-7,11,13H2,1-2H3,(H,27,28,29)/t17-,18-,20+/m1/s1. The van der Waals surface area contributed by atoms with E-state index in [4.69, 9.17) is 4.74 Å². The van der Waals surface area contributed by atoms with Gasteiger partial charge in [0.25, 0.3) is 0 Å². The van der Waals surface area contributed by atoms with Crippen LogP contribution in [0.3, 0.4) is 0 Å². The molecule has 2 heterocycles. The van der Waals surface area contributed by atoms with Gasteiger partial charge in [0, 0.05) is 18.7 Å². The summed E-state index contributed by atoms with van der Waals surface area (Å²) < 4.78 is 19.9. The maximum absolute atomic E-state index is 14.1. The molecule has 4 rings (SSSR count). The van der Waals surface area contributed by atoms with E-state index in [9.17, 15) is 14.4 Å². The molecule has 2 aromatic rings. The summed E-state index contributed by atoms with van der Waals surface area (Å²) in [7, 11) is 0. The lowest BCUT2D eigenvalue weighted by Crippen LogP contribution is -2.44. The number of ether oxygens (including phenoxy) is 1. The number of rotatable bonds is 5. The van der Waals surface area contributed by atoms with E-state index in [0.717, 1.165) is 17.5 Å². The quantitative estimate of drug-likeness (QED) is 0.788. The van der Waals surface area contributed by atoms with E-state index in [1.54, 1.807) is 24.4 Å². The molecular weight excluding hydrogens is 383 g/mol. The molecule has 1 saturated heterocycles. The fourth-order valence-corrected chi connectivity index (χ4v) is 3.80. The Morgan fingerprint density at radius 2 is 2.10 bits per heavy atom. The van der Waals surface area contributed by atoms with Crippen molar-refractivity contribution in [2.45, 2.75) is 39.0 Å². The molecule has 2 N–H and O–H groups in total. The third kappa shape index (κ3) is 4.29. The van der Waals surface area contributed by atoms with E-state index in [2.05, 4.69) is 35.5 Å². The van der Waals surface area contributed by atoms with Crippen molar-refractivity contribution in [1.82, 2.24) is 10.3 Å². The van der Waals surface area contributed by atoms with Gasteiger partial charge in [-0.1, -0.05) is 19.9 Å². The molecule has 1 aliphatic heterocycles. The highest BCUT2D eigenvalue weighted by atomic mass is 19.1. The molecule has 7 heteroatoms. The van der Waals surface area contributed by atoms with Crippen molar-refractivity contribution in [2.24, 2.45) is 11.3 Å². The summed E-state index contributed by atoms with van der Waals surface area (Å²) in [5.74, 6) is 0.858. The van der Waals surface area contributed by atoms with Crippen molar-refractivity contribution in [1.29, 1.82) is 5.26 Å². The van der Waals surface area contributed by atoms with Crippen LogP contribution >= 0.6 is 0 Å². The van der Waals surface area contributed by atoms with Crippen LogP contribution in [0.15, 0.2) is 36.5 Å². The molecule has 1 saturated carbocycles. The Morgan fingerprint density at radius 1 is 1.33 bits per heavy atom. The van der Waals surface area contributed by atoms with Gasteiger partial charge in [0.1, 0.15) is 29.9 Å². The van der Waals surface area contributed by atoms with Crippen LogP contribution in [0.5, 0.6) is 5.75 Å². The number of amides is 1. The number of halogens is 1. The molecule has 1 aromatic carbocycles. The molecule has 0 unspecified atom stereocenters. The van der Waals surface area contributed by atoms with Gasteiger partial charge in [0.2, 0.25) is 5.91 Å². The summed E-state index contributed by atoms with van der Waals surface area (Å²) in [4.78, 5) is 16.6. The average molecular weight is 408 g/mol. The van der Waals surface area contributed by atoms with Gasteiger partial charge in [0.05, 0.1) is 5.56 Å². The summed E-state index contributed by atoms with van der Waals surface area (Å²) >= 11 is 0. The number of pyridine rings is 1. The highest BCUT2D eigenvalue weighted by molar-refractivity contribution is 5.94. The van der Waals surface area contributed by atoms with E-state index in [1.807, 2.05) is 12.1 Å². The Balaban J connectivity index is 1.51. The summed E-state index contributed by atoms with van der Waals surface area (Å²) in [5.41, 5.74) is 2.02. The first kappa shape index (κ1) is 20.3. The Bertz CT molecular complexity index is 1000. The van der Waals surface area contributed by atoms with Crippen molar-refractivity contribution in [3.05, 3.63) is 42.1 Å². The molecule has 0 radical (unpaired) electrons. The van der Waals surface area contributed by atoms with Gasteiger partial charge >= 0.3 is 0 Å². The fraction of sp³-hybridized carbons (Fsp3) is 0.435. The Kier molecular flexibility index (Phi) is 5.44. The number of piperidine rings is 1. The van der Waals surface area contributed by atoms with Gasteiger partial charge in [-0.25, -0.2) is 9.37 Å². The number of nitrogens with one attached hydrogen (secondary N) is 2. The molecule has 0 bridgehead atoms. The molecule has 2 aliphatic rings. The lowest BCUT2D eigenvalue weighted by atomic mass is 10.0. The van der Waals surface area contributed by atoms with Crippen molar-refractivity contribution in [3.63, 3.8) is 0 Å². The first-order valence-corrected chi connectivity index (χ1v) is 10.2. The van der Waals surface area contributed by atoms with Gasteiger partial charge in [-0.3, -0.25) is 4.79 Å². The van der Waals surface area contributed by atoms with Gasteiger partial charge < -0.3 is 15.4 Å². The number of anilines is 1. The third-order valence-corrected chi connectivity index (χ3v) is 5.90. The third-order valence-electron chi connectivity index (χ3n) is 5.90. The van der Waals surface area contributed by atoms with Gasteiger partial charge in [-0.15, -0.1) is 0 Å². The van der Waals surface area contributed by atoms with Crippen LogP contribution in [0.2, 0.25) is 0 Å². The smallest absolute Gasteiger partial charge is 0.229 e. The number of hydrogen-bond donors (Lipinski definition) is 2. The zero-order valence-corrected chi connectivity index (χ0v) is 17.1. The Morgan fingerprint density at radius 3 is 2.80 bits per heavy atom. The number of alkyl halides is 1. The fourth-order valence-electron chi connectivity index (χ4n) is 3.80. The Hall–Kier alpha value is -2.98. The van der Waals surface area contributed by atoms with Crippen LogP contribution in [-0.2, 0) is 4.79 Å². The van der Waals surface area contributed by atoms with Crippen LogP contribution in [0.4, 0.5) is 10.2 Å². The first-order valence-electron chi connectivity index (χ1n) is 10.2. The molecule has 1 aliphatic carbocycles. The van der Waals surface area contributed by atoms with E-state index >= 15 is 0 Å². The minimum Gasteiger partial charge on any atom is -0.486 e. The molecule has 30 heavy (non-hydrogen) atoms. The second-order valence-electron chi connectivity index (χ2n) is 8.65. The number of carbonyl (C=O) groups excluding carboxylic acids is 1. The lowest BCUT2D eigenvalue weighted by molar-refractivity contribution is -0.118. The maximum atomic E-state index is 14.1. The largest absolute Gasteiger partial charge is 0.486 e. The molecule has 3 atom stereocenters. The number of aromatic nitrogens is 1. The molecule has 1 aromatic heterocycles. The van der Waals surface area contributed by atoms with Crippen LogP contribution in [0, 0.1) is 22.7 Å². The number of nitriles is 1. The highest BCUT2D eigenvalue weighted by Gasteiger charge is 2.50. The second-order valence-corrected chi connectivity index (χ2v) is 8.65. The summed E-state index contributed by atoms with van der Waals surface area (Å²) in [5, 5.41) is 15.4. The summed E-state index contributed by atoms with van der Waals surface area (Å²) in [6.45, 7) is 5.09. The topological polar surface area (TPSA) is 87.0 Å². The van der Waals surface area contributed by atoms with Crippen LogP contribution in [0.25, 0.3) is 11.1 Å². The maximum Gasteiger partial charge on any atom is 0.229 e. The molecule has 1 amide bonds. The predicted molar refractivity (Wildman–Crippen MR) is 112 cm³/mol. The highest BCUT2D eigenvalue weighted by Crippen LogP contribution is 2.52. The van der Waals surface area contributed by atoms with Crippen molar-refractivity contribution >= 4 is 11.7 Å². The lowest BCUT2D eigenvalue weighted by Gasteiger charge is -2.27. The molecule has 2 fully saturated rings. The number of hydrogen-bond acceptors (Lipinski definition) is 5. The van der Waals surface area contributed by atoms with Gasteiger partial charge in [-0.05, 0) is 60.2 Å². The van der Waals surface area contributed by atoms with E-state index in [0.29, 0.717) is 30.1 Å².